The number of allylic oxidation sites excluding steroid dienone is 1. The highest BCUT2D eigenvalue weighted by molar-refractivity contribution is 7.99. The van der Waals surface area contributed by atoms with Crippen LogP contribution >= 0.6 is 11.8 Å². The maximum atomic E-state index is 5.70. The van der Waals surface area contributed by atoms with E-state index >= 15 is 0 Å². The van der Waals surface area contributed by atoms with E-state index in [4.69, 9.17) is 5.73 Å². The molecule has 2 aromatic rings. The third-order valence-corrected chi connectivity index (χ3v) is 5.00. The highest BCUT2D eigenvalue weighted by atomic mass is 32.2. The molecule has 2 rings (SSSR count). The minimum absolute atomic E-state index is 0.487. The van der Waals surface area contributed by atoms with Crippen LogP contribution in [0.5, 0.6) is 0 Å². The van der Waals surface area contributed by atoms with Crippen LogP contribution in [0.3, 0.4) is 0 Å². The summed E-state index contributed by atoms with van der Waals surface area (Å²) >= 11 is 1.79. The molecule has 0 aliphatic carbocycles. The van der Waals surface area contributed by atoms with E-state index in [0.29, 0.717) is 5.92 Å². The predicted molar refractivity (Wildman–Crippen MR) is 98.2 cm³/mol. The fourth-order valence-electron chi connectivity index (χ4n) is 2.54. The van der Waals surface area contributed by atoms with E-state index in [1.807, 2.05) is 0 Å². The summed E-state index contributed by atoms with van der Waals surface area (Å²) < 4.78 is 0. The van der Waals surface area contributed by atoms with Crippen molar-refractivity contribution in [3.63, 3.8) is 0 Å². The topological polar surface area (TPSA) is 26.0 Å². The first-order chi connectivity index (χ1) is 10.6. The maximum Gasteiger partial charge on any atom is 0.0122 e. The van der Waals surface area contributed by atoms with E-state index in [0.717, 1.165) is 19.4 Å². The Balaban J connectivity index is 2.06. The largest absolute Gasteiger partial charge is 0.330 e. The second kappa shape index (κ2) is 8.21. The van der Waals surface area contributed by atoms with Crippen LogP contribution in [-0.2, 0) is 0 Å². The molecule has 1 nitrogen and oxygen atoms in total. The van der Waals surface area contributed by atoms with Crippen molar-refractivity contribution in [2.24, 2.45) is 11.7 Å². The number of nitrogens with two attached hydrogens (primary N) is 1. The van der Waals surface area contributed by atoms with Crippen LogP contribution in [-0.4, -0.2) is 6.54 Å². The van der Waals surface area contributed by atoms with Crippen LogP contribution < -0.4 is 5.73 Å². The van der Waals surface area contributed by atoms with Crippen molar-refractivity contribution < 1.29 is 0 Å². The van der Waals surface area contributed by atoms with Crippen molar-refractivity contribution in [1.82, 2.24) is 0 Å². The Kier molecular flexibility index (Phi) is 6.29. The lowest BCUT2D eigenvalue weighted by Gasteiger charge is -2.17. The Morgan fingerprint density at radius 3 is 2.09 bits per heavy atom. The number of rotatable bonds is 7. The molecule has 2 heteroatoms. The van der Waals surface area contributed by atoms with Gasteiger partial charge >= 0.3 is 0 Å². The van der Waals surface area contributed by atoms with E-state index in [1.165, 1.54) is 26.5 Å². The van der Waals surface area contributed by atoms with Crippen molar-refractivity contribution in [1.29, 1.82) is 0 Å². The molecule has 0 saturated carbocycles. The molecule has 1 atom stereocenters. The third-order valence-electron chi connectivity index (χ3n) is 3.98. The van der Waals surface area contributed by atoms with Gasteiger partial charge in [-0.3, -0.25) is 0 Å². The second-order valence-electron chi connectivity index (χ2n) is 5.65. The molecule has 0 aliphatic rings. The van der Waals surface area contributed by atoms with Crippen molar-refractivity contribution >= 4 is 17.3 Å². The zero-order chi connectivity index (χ0) is 15.9. The molecule has 0 fully saturated rings. The molecule has 22 heavy (non-hydrogen) atoms. The Hall–Kier alpha value is -1.51. The van der Waals surface area contributed by atoms with E-state index in [9.17, 15) is 0 Å². The van der Waals surface area contributed by atoms with Crippen LogP contribution in [0.1, 0.15) is 30.9 Å². The molecule has 0 aromatic heterocycles. The molecule has 2 aromatic carbocycles. The Morgan fingerprint density at radius 1 is 1.05 bits per heavy atom. The van der Waals surface area contributed by atoms with Crippen LogP contribution in [0.15, 0.2) is 64.9 Å². The summed E-state index contributed by atoms with van der Waals surface area (Å²) in [5.74, 6) is 0.487. The summed E-state index contributed by atoms with van der Waals surface area (Å²) in [7, 11) is 0. The van der Waals surface area contributed by atoms with Crippen LogP contribution in [0.4, 0.5) is 0 Å². The van der Waals surface area contributed by atoms with Gasteiger partial charge in [-0.05, 0) is 67.6 Å². The molecule has 0 saturated heterocycles. The first kappa shape index (κ1) is 16.9. The van der Waals surface area contributed by atoms with Gasteiger partial charge in [-0.2, -0.15) is 0 Å². The van der Waals surface area contributed by atoms with Gasteiger partial charge in [0.2, 0.25) is 0 Å². The van der Waals surface area contributed by atoms with Gasteiger partial charge in [0.25, 0.3) is 0 Å². The van der Waals surface area contributed by atoms with Crippen molar-refractivity contribution in [2.45, 2.75) is 36.5 Å². The second-order valence-corrected chi connectivity index (χ2v) is 6.79. The van der Waals surface area contributed by atoms with Crippen molar-refractivity contribution in [2.75, 3.05) is 6.54 Å². The van der Waals surface area contributed by atoms with Gasteiger partial charge in [0.05, 0.1) is 0 Å². The molecule has 2 N–H and O–H groups in total. The molecule has 0 heterocycles. The van der Waals surface area contributed by atoms with Gasteiger partial charge in [0.15, 0.2) is 0 Å². The van der Waals surface area contributed by atoms with Gasteiger partial charge < -0.3 is 5.73 Å². The summed E-state index contributed by atoms with van der Waals surface area (Å²) in [6.45, 7) is 9.31. The van der Waals surface area contributed by atoms with E-state index < -0.39 is 0 Å². The lowest BCUT2D eigenvalue weighted by Crippen LogP contribution is -2.09. The molecule has 1 unspecified atom stereocenters. The lowest BCUT2D eigenvalue weighted by molar-refractivity contribution is 0.598. The predicted octanol–water partition coefficient (Wildman–Crippen LogP) is 5.53. The SMILES string of the molecule is C=C(c1ccc(Sc2ccc(C)cc2)cc1)C(CC)CCN. The van der Waals surface area contributed by atoms with Gasteiger partial charge in [-0.1, -0.05) is 55.1 Å². The summed E-state index contributed by atoms with van der Waals surface area (Å²) in [5.41, 5.74) is 9.43. The monoisotopic (exact) mass is 311 g/mol. The highest BCUT2D eigenvalue weighted by Gasteiger charge is 2.11. The number of aryl methyl sites for hydroxylation is 1. The first-order valence-electron chi connectivity index (χ1n) is 7.88. The van der Waals surface area contributed by atoms with E-state index in [2.05, 4.69) is 69.0 Å². The quantitative estimate of drug-likeness (QED) is 0.727. The number of hydrogen-bond acceptors (Lipinski definition) is 2. The van der Waals surface area contributed by atoms with Gasteiger partial charge in [-0.15, -0.1) is 0 Å². The standard InChI is InChI=1S/C20H25NS/c1-4-17(13-14-21)16(3)18-7-11-20(12-8-18)22-19-9-5-15(2)6-10-19/h5-12,17H,3-4,13-14,21H2,1-2H3. The molecular formula is C20H25NS. The smallest absolute Gasteiger partial charge is 0.0122 e. The average Bonchev–Trinajstić information content (AvgIpc) is 2.55. The van der Waals surface area contributed by atoms with Crippen LogP contribution in [0, 0.1) is 12.8 Å². The zero-order valence-electron chi connectivity index (χ0n) is 13.5. The fourth-order valence-corrected chi connectivity index (χ4v) is 3.36. The minimum atomic E-state index is 0.487. The Morgan fingerprint density at radius 2 is 1.59 bits per heavy atom. The maximum absolute atomic E-state index is 5.70. The Labute approximate surface area is 138 Å². The molecule has 116 valence electrons. The van der Waals surface area contributed by atoms with E-state index in [-0.39, 0.29) is 0 Å². The lowest BCUT2D eigenvalue weighted by atomic mass is 9.89. The van der Waals surface area contributed by atoms with Crippen LogP contribution in [0.25, 0.3) is 5.57 Å². The number of hydrogen-bond donors (Lipinski definition) is 1. The fraction of sp³-hybridized carbons (Fsp3) is 0.300. The zero-order valence-corrected chi connectivity index (χ0v) is 14.3. The van der Waals surface area contributed by atoms with Crippen molar-refractivity contribution in [3.05, 3.63) is 66.2 Å². The summed E-state index contributed by atoms with van der Waals surface area (Å²) in [6.07, 6.45) is 2.10. The van der Waals surface area contributed by atoms with Crippen LogP contribution in [0.2, 0.25) is 0 Å². The molecule has 0 radical (unpaired) electrons. The average molecular weight is 311 g/mol. The van der Waals surface area contributed by atoms with Gasteiger partial charge in [0.1, 0.15) is 0 Å². The molecule has 0 aliphatic heterocycles. The van der Waals surface area contributed by atoms with E-state index in [1.54, 1.807) is 11.8 Å². The third kappa shape index (κ3) is 4.49. The van der Waals surface area contributed by atoms with Gasteiger partial charge in [-0.25, -0.2) is 0 Å². The molecule has 0 spiro atoms. The minimum Gasteiger partial charge on any atom is -0.330 e. The Bertz CT molecular complexity index is 599. The first-order valence-corrected chi connectivity index (χ1v) is 8.69. The molecule has 0 amide bonds. The summed E-state index contributed by atoms with van der Waals surface area (Å²) in [5, 5.41) is 0. The van der Waals surface area contributed by atoms with Gasteiger partial charge in [0, 0.05) is 9.79 Å². The highest BCUT2D eigenvalue weighted by Crippen LogP contribution is 2.31. The van der Waals surface area contributed by atoms with Crippen molar-refractivity contribution in [3.8, 4) is 0 Å². The normalized spacial score (nSPS) is 12.1. The molecule has 0 bridgehead atoms. The molecular weight excluding hydrogens is 286 g/mol. The summed E-state index contributed by atoms with van der Waals surface area (Å²) in [4.78, 5) is 2.53. The summed E-state index contributed by atoms with van der Waals surface area (Å²) in [6, 6.07) is 17.4. The number of benzene rings is 2.